The number of nitrogens with zero attached hydrogens (tertiary/aromatic N) is 1. The number of likely N-dealkylation sites (N-methyl/N-ethyl adjacent to an activating group) is 1. The van der Waals surface area contributed by atoms with Crippen molar-refractivity contribution < 1.29 is 40.3 Å². The summed E-state index contributed by atoms with van der Waals surface area (Å²) in [6.45, 7) is -2.24. The number of halogens is 10. The van der Waals surface area contributed by atoms with E-state index >= 15 is 0 Å². The molecule has 1 unspecified atom stereocenters. The zero-order valence-electron chi connectivity index (χ0n) is 18.1. The minimum Gasteiger partial charge on any atom is -0.343 e. The van der Waals surface area contributed by atoms with Gasteiger partial charge in [-0.25, -0.2) is 4.39 Å². The quantitative estimate of drug-likeness (QED) is 0.282. The summed E-state index contributed by atoms with van der Waals surface area (Å²) in [5, 5.41) is 1.46. The number of rotatable bonds is 7. The van der Waals surface area contributed by atoms with E-state index in [2.05, 4.69) is 5.32 Å². The van der Waals surface area contributed by atoms with Crippen LogP contribution in [0.3, 0.4) is 0 Å². The van der Waals surface area contributed by atoms with E-state index < -0.39 is 54.6 Å². The third-order valence-corrected chi connectivity index (χ3v) is 5.89. The van der Waals surface area contributed by atoms with Gasteiger partial charge in [-0.15, -0.1) is 0 Å². The van der Waals surface area contributed by atoms with Gasteiger partial charge >= 0.3 is 12.4 Å². The third-order valence-electron chi connectivity index (χ3n) is 4.70. The van der Waals surface area contributed by atoms with Crippen molar-refractivity contribution in [1.82, 2.24) is 10.2 Å². The van der Waals surface area contributed by atoms with Crippen molar-refractivity contribution >= 4 is 52.4 Å². The maximum atomic E-state index is 14.7. The first-order valence-corrected chi connectivity index (χ1v) is 10.9. The molecule has 0 bridgehead atoms. The first-order valence-electron chi connectivity index (χ1n) is 9.77. The monoisotopic (exact) mass is 578 g/mol. The van der Waals surface area contributed by atoms with Gasteiger partial charge in [0.1, 0.15) is 18.3 Å². The van der Waals surface area contributed by atoms with Crippen LogP contribution in [-0.2, 0) is 4.79 Å². The van der Waals surface area contributed by atoms with Crippen molar-refractivity contribution in [3.8, 4) is 0 Å². The zero-order chi connectivity index (χ0) is 27.4. The summed E-state index contributed by atoms with van der Waals surface area (Å²) in [6.07, 6.45) is -9.22. The molecule has 2 aromatic rings. The first kappa shape index (κ1) is 29.7. The molecular formula is C22H16Cl3F7N2O2. The molecule has 1 atom stereocenters. The number of alkyl halides is 6. The van der Waals surface area contributed by atoms with Crippen molar-refractivity contribution in [3.05, 3.63) is 74.2 Å². The molecule has 0 heterocycles. The van der Waals surface area contributed by atoms with Crippen LogP contribution in [0.1, 0.15) is 27.4 Å². The number of nitrogens with one attached hydrogen (secondary N) is 1. The minimum absolute atomic E-state index is 0.110. The summed E-state index contributed by atoms with van der Waals surface area (Å²) in [6, 6.07) is 6.01. The largest absolute Gasteiger partial charge is 0.406 e. The molecule has 4 nitrogen and oxygen atoms in total. The number of carbonyl (C=O) groups is 2. The normalized spacial score (nSPS) is 13.4. The number of hydrogen-bond acceptors (Lipinski definition) is 2. The number of benzene rings is 2. The summed E-state index contributed by atoms with van der Waals surface area (Å²) < 4.78 is 92.6. The van der Waals surface area contributed by atoms with E-state index in [1.54, 1.807) is 0 Å². The van der Waals surface area contributed by atoms with Crippen LogP contribution in [0.4, 0.5) is 30.7 Å². The van der Waals surface area contributed by atoms with Gasteiger partial charge in [-0.2, -0.15) is 26.3 Å². The number of amides is 2. The predicted molar refractivity (Wildman–Crippen MR) is 122 cm³/mol. The molecule has 14 heteroatoms. The lowest BCUT2D eigenvalue weighted by atomic mass is 9.96. The summed E-state index contributed by atoms with van der Waals surface area (Å²) in [4.78, 5) is 24.2. The molecule has 0 aromatic heterocycles. The van der Waals surface area contributed by atoms with E-state index in [-0.39, 0.29) is 26.2 Å². The molecule has 196 valence electrons. The van der Waals surface area contributed by atoms with E-state index in [1.165, 1.54) is 0 Å². The maximum absolute atomic E-state index is 14.7. The fourth-order valence-electron chi connectivity index (χ4n) is 2.91. The average molecular weight is 580 g/mol. The van der Waals surface area contributed by atoms with Crippen LogP contribution in [0.2, 0.25) is 15.1 Å². The van der Waals surface area contributed by atoms with Gasteiger partial charge < -0.3 is 10.2 Å². The molecule has 0 aliphatic rings. The van der Waals surface area contributed by atoms with Crippen molar-refractivity contribution in [2.24, 2.45) is 0 Å². The average Bonchev–Trinajstić information content (AvgIpc) is 2.76. The highest BCUT2D eigenvalue weighted by atomic mass is 35.5. The lowest BCUT2D eigenvalue weighted by Crippen LogP contribution is -2.42. The topological polar surface area (TPSA) is 49.4 Å². The van der Waals surface area contributed by atoms with Crippen LogP contribution in [-0.4, -0.2) is 49.2 Å². The molecule has 0 saturated heterocycles. The highest BCUT2D eigenvalue weighted by molar-refractivity contribution is 6.48. The molecule has 1 N–H and O–H groups in total. The van der Waals surface area contributed by atoms with Crippen LogP contribution in [0.25, 0.3) is 5.83 Å². The Hall–Kier alpha value is -2.50. The number of allylic oxidation sites excluding steroid dienone is 1. The standard InChI is InChI=1S/C22H16Cl3F7N2O2/c1-34(10-21(27,28)29)18(35)9-33-20(36)12-4-2-11(3-5-12)17(26)8-14(22(30,31)32)13-6-15(23)19(25)16(24)7-13/h2-8,14H,9-10H2,1H3,(H,33,36)/b17-8-. The van der Waals surface area contributed by atoms with Crippen LogP contribution in [0.15, 0.2) is 42.5 Å². The van der Waals surface area contributed by atoms with Crippen molar-refractivity contribution in [2.75, 3.05) is 20.1 Å². The molecular weight excluding hydrogens is 564 g/mol. The smallest absolute Gasteiger partial charge is 0.343 e. The Bertz CT molecular complexity index is 1130. The van der Waals surface area contributed by atoms with Gasteiger partial charge in [-0.05, 0) is 35.9 Å². The highest BCUT2D eigenvalue weighted by Crippen LogP contribution is 2.42. The van der Waals surface area contributed by atoms with E-state index in [1.807, 2.05) is 0 Å². The highest BCUT2D eigenvalue weighted by Gasteiger charge is 2.40. The van der Waals surface area contributed by atoms with Gasteiger partial charge in [0.2, 0.25) is 5.91 Å². The Labute approximate surface area is 215 Å². The molecule has 0 saturated carbocycles. The molecule has 0 aliphatic heterocycles. The summed E-state index contributed by atoms with van der Waals surface area (Å²) in [5.41, 5.74) is -0.859. The van der Waals surface area contributed by atoms with Gasteiger partial charge in [0, 0.05) is 18.2 Å². The van der Waals surface area contributed by atoms with Gasteiger partial charge in [0.25, 0.3) is 5.91 Å². The van der Waals surface area contributed by atoms with E-state index in [0.717, 1.165) is 43.4 Å². The number of carbonyl (C=O) groups excluding carboxylic acids is 2. The Morgan fingerprint density at radius 1 is 0.972 bits per heavy atom. The lowest BCUT2D eigenvalue weighted by molar-refractivity contribution is -0.157. The molecule has 0 radical (unpaired) electrons. The summed E-state index contributed by atoms with van der Waals surface area (Å²) in [7, 11) is 0.909. The Balaban J connectivity index is 2.17. The van der Waals surface area contributed by atoms with Gasteiger partial charge in [-0.1, -0.05) is 46.9 Å². The fraction of sp³-hybridized carbons (Fsp3) is 0.273. The minimum atomic E-state index is -4.91. The van der Waals surface area contributed by atoms with Gasteiger partial charge in [0.15, 0.2) is 0 Å². The fourth-order valence-corrected chi connectivity index (χ4v) is 3.52. The molecule has 0 spiro atoms. The Morgan fingerprint density at radius 3 is 1.94 bits per heavy atom. The van der Waals surface area contributed by atoms with Crippen LogP contribution in [0, 0.1) is 0 Å². The zero-order valence-corrected chi connectivity index (χ0v) is 20.3. The van der Waals surface area contributed by atoms with Gasteiger partial charge in [0.05, 0.1) is 21.6 Å². The summed E-state index contributed by atoms with van der Waals surface area (Å²) >= 11 is 17.3. The van der Waals surface area contributed by atoms with Crippen molar-refractivity contribution in [2.45, 2.75) is 18.3 Å². The molecule has 0 fully saturated rings. The molecule has 36 heavy (non-hydrogen) atoms. The number of hydrogen-bond donors (Lipinski definition) is 1. The van der Waals surface area contributed by atoms with Crippen molar-refractivity contribution in [3.63, 3.8) is 0 Å². The lowest BCUT2D eigenvalue weighted by Gasteiger charge is -2.19. The van der Waals surface area contributed by atoms with Crippen LogP contribution in [0.5, 0.6) is 0 Å². The predicted octanol–water partition coefficient (Wildman–Crippen LogP) is 7.05. The molecule has 0 aliphatic carbocycles. The molecule has 2 rings (SSSR count). The molecule has 2 amide bonds. The second-order valence-electron chi connectivity index (χ2n) is 7.46. The maximum Gasteiger partial charge on any atom is 0.406 e. The Kier molecular flexibility index (Phi) is 9.66. The second-order valence-corrected chi connectivity index (χ2v) is 8.65. The Morgan fingerprint density at radius 2 is 1.47 bits per heavy atom. The van der Waals surface area contributed by atoms with E-state index in [9.17, 15) is 40.3 Å². The second kappa shape index (κ2) is 11.7. The van der Waals surface area contributed by atoms with Gasteiger partial charge in [-0.3, -0.25) is 9.59 Å². The van der Waals surface area contributed by atoms with E-state index in [0.29, 0.717) is 11.0 Å². The van der Waals surface area contributed by atoms with Crippen LogP contribution < -0.4 is 5.32 Å². The van der Waals surface area contributed by atoms with Crippen LogP contribution >= 0.6 is 34.8 Å². The first-order chi connectivity index (χ1) is 16.5. The van der Waals surface area contributed by atoms with Crippen molar-refractivity contribution in [1.29, 1.82) is 0 Å². The van der Waals surface area contributed by atoms with E-state index in [4.69, 9.17) is 34.8 Å². The molecule has 2 aromatic carbocycles. The summed E-state index contributed by atoms with van der Waals surface area (Å²) in [5.74, 6) is -5.56. The third kappa shape index (κ3) is 8.28. The SMILES string of the molecule is CN(CC(F)(F)F)C(=O)CNC(=O)c1ccc(/C(F)=C/C(c2cc(Cl)c(Cl)c(Cl)c2)C(F)(F)F)cc1.